The Labute approximate surface area is 136 Å². The van der Waals surface area contributed by atoms with Crippen LogP contribution in [-0.4, -0.2) is 23.1 Å². The molecule has 0 spiro atoms. The number of hydrogen-bond donors (Lipinski definition) is 1. The molecule has 0 aliphatic carbocycles. The normalized spacial score (nSPS) is 18.2. The van der Waals surface area contributed by atoms with Crippen LogP contribution >= 0.6 is 0 Å². The smallest absolute Gasteiger partial charge is 0.134 e. The summed E-state index contributed by atoms with van der Waals surface area (Å²) in [5.41, 5.74) is 4.57. The zero-order chi connectivity index (χ0) is 15.6. The van der Waals surface area contributed by atoms with E-state index >= 15 is 0 Å². The van der Waals surface area contributed by atoms with Crippen LogP contribution in [0.3, 0.4) is 0 Å². The average Bonchev–Trinajstić information content (AvgIpc) is 2.62. The predicted octanol–water partition coefficient (Wildman–Crippen LogP) is 4.07. The molecular weight excluding hydrogens is 282 g/mol. The zero-order valence-corrected chi connectivity index (χ0v) is 13.4. The summed E-state index contributed by atoms with van der Waals surface area (Å²) < 4.78 is 0. The fourth-order valence-electron chi connectivity index (χ4n) is 3.39. The first-order valence-corrected chi connectivity index (χ1v) is 8.36. The van der Waals surface area contributed by atoms with Gasteiger partial charge in [0.05, 0.1) is 11.2 Å². The summed E-state index contributed by atoms with van der Waals surface area (Å²) in [7, 11) is 0. The van der Waals surface area contributed by atoms with E-state index < -0.39 is 0 Å². The van der Waals surface area contributed by atoms with Gasteiger partial charge >= 0.3 is 0 Å². The third-order valence-electron chi connectivity index (χ3n) is 4.68. The van der Waals surface area contributed by atoms with Crippen LogP contribution in [0.2, 0.25) is 0 Å². The van der Waals surface area contributed by atoms with Crippen molar-refractivity contribution < 1.29 is 0 Å². The van der Waals surface area contributed by atoms with Crippen molar-refractivity contribution in [3.8, 4) is 11.3 Å². The fourth-order valence-corrected chi connectivity index (χ4v) is 3.39. The molecule has 23 heavy (non-hydrogen) atoms. The number of para-hydroxylation sites is 1. The minimum absolute atomic E-state index is 0.413. The van der Waals surface area contributed by atoms with Crippen molar-refractivity contribution in [2.75, 3.05) is 13.1 Å². The highest BCUT2D eigenvalue weighted by molar-refractivity contribution is 5.93. The van der Waals surface area contributed by atoms with Crippen molar-refractivity contribution >= 4 is 10.9 Å². The van der Waals surface area contributed by atoms with Crippen molar-refractivity contribution in [1.29, 1.82) is 0 Å². The maximum Gasteiger partial charge on any atom is 0.134 e. The number of aryl methyl sites for hydroxylation is 1. The van der Waals surface area contributed by atoms with Gasteiger partial charge in [0.2, 0.25) is 0 Å². The maximum absolute atomic E-state index is 5.00. The molecule has 2 heterocycles. The first-order chi connectivity index (χ1) is 11.3. The Morgan fingerprint density at radius 2 is 1.83 bits per heavy atom. The Kier molecular flexibility index (Phi) is 3.80. The van der Waals surface area contributed by atoms with Gasteiger partial charge in [0, 0.05) is 23.4 Å². The molecule has 0 bridgehead atoms. The van der Waals surface area contributed by atoms with Gasteiger partial charge in [0.25, 0.3) is 0 Å². The monoisotopic (exact) mass is 303 g/mol. The lowest BCUT2D eigenvalue weighted by molar-refractivity contribution is 0.448. The summed E-state index contributed by atoms with van der Waals surface area (Å²) >= 11 is 0. The summed E-state index contributed by atoms with van der Waals surface area (Å²) in [6.07, 6.45) is 2.36. The number of benzene rings is 2. The van der Waals surface area contributed by atoms with Gasteiger partial charge in [-0.15, -0.1) is 0 Å². The SMILES string of the molecule is Cc1ccccc1-c1nc(C2CCCNC2)nc2ccccc12. The molecule has 4 rings (SSSR count). The molecule has 2 aromatic carbocycles. The topological polar surface area (TPSA) is 37.8 Å². The molecule has 0 radical (unpaired) electrons. The van der Waals surface area contributed by atoms with Crippen molar-refractivity contribution in [2.45, 2.75) is 25.7 Å². The molecule has 1 aromatic heterocycles. The van der Waals surface area contributed by atoms with Crippen LogP contribution in [0, 0.1) is 6.92 Å². The Morgan fingerprint density at radius 1 is 1.00 bits per heavy atom. The van der Waals surface area contributed by atoms with Gasteiger partial charge in [-0.1, -0.05) is 42.5 Å². The van der Waals surface area contributed by atoms with Gasteiger partial charge in [-0.2, -0.15) is 0 Å². The molecule has 1 aliphatic heterocycles. The highest BCUT2D eigenvalue weighted by Gasteiger charge is 2.20. The molecule has 3 heteroatoms. The number of fused-ring (bicyclic) bond motifs is 1. The number of aromatic nitrogens is 2. The fraction of sp³-hybridized carbons (Fsp3) is 0.300. The van der Waals surface area contributed by atoms with Crippen LogP contribution in [0.25, 0.3) is 22.2 Å². The third kappa shape index (κ3) is 2.73. The molecule has 116 valence electrons. The van der Waals surface area contributed by atoms with Gasteiger partial charge in [-0.05, 0) is 37.9 Å². The Hall–Kier alpha value is -2.26. The highest BCUT2D eigenvalue weighted by atomic mass is 14.9. The summed E-state index contributed by atoms with van der Waals surface area (Å²) in [6.45, 7) is 4.23. The Balaban J connectivity index is 1.92. The number of nitrogens with zero attached hydrogens (tertiary/aromatic N) is 2. The van der Waals surface area contributed by atoms with Gasteiger partial charge in [0.15, 0.2) is 0 Å². The van der Waals surface area contributed by atoms with Crippen LogP contribution in [-0.2, 0) is 0 Å². The van der Waals surface area contributed by atoms with Gasteiger partial charge in [-0.25, -0.2) is 9.97 Å². The van der Waals surface area contributed by atoms with Gasteiger partial charge in [-0.3, -0.25) is 0 Å². The minimum atomic E-state index is 0.413. The molecule has 1 N–H and O–H groups in total. The van der Waals surface area contributed by atoms with E-state index in [0.717, 1.165) is 35.5 Å². The van der Waals surface area contributed by atoms with Crippen LogP contribution in [0.5, 0.6) is 0 Å². The van der Waals surface area contributed by atoms with E-state index in [9.17, 15) is 0 Å². The lowest BCUT2D eigenvalue weighted by Crippen LogP contribution is -2.29. The second kappa shape index (κ2) is 6.09. The molecule has 1 unspecified atom stereocenters. The highest BCUT2D eigenvalue weighted by Crippen LogP contribution is 2.31. The van der Waals surface area contributed by atoms with Gasteiger partial charge < -0.3 is 5.32 Å². The third-order valence-corrected chi connectivity index (χ3v) is 4.68. The number of hydrogen-bond acceptors (Lipinski definition) is 3. The zero-order valence-electron chi connectivity index (χ0n) is 13.4. The molecular formula is C20H21N3. The Morgan fingerprint density at radius 3 is 2.65 bits per heavy atom. The summed E-state index contributed by atoms with van der Waals surface area (Å²) in [6, 6.07) is 16.8. The summed E-state index contributed by atoms with van der Waals surface area (Å²) in [4.78, 5) is 9.87. The number of rotatable bonds is 2. The first kappa shape index (κ1) is 14.3. The number of nitrogens with one attached hydrogen (secondary N) is 1. The van der Waals surface area contributed by atoms with Crippen LogP contribution in [0.4, 0.5) is 0 Å². The van der Waals surface area contributed by atoms with E-state index in [0.29, 0.717) is 5.92 Å². The van der Waals surface area contributed by atoms with Gasteiger partial charge in [0.1, 0.15) is 5.82 Å². The molecule has 1 atom stereocenters. The second-order valence-electron chi connectivity index (χ2n) is 6.31. The van der Waals surface area contributed by atoms with Crippen molar-refractivity contribution in [2.24, 2.45) is 0 Å². The summed E-state index contributed by atoms with van der Waals surface area (Å²) in [5.74, 6) is 1.39. The molecule has 0 amide bonds. The standard InChI is InChI=1S/C20H21N3/c1-14-7-2-3-9-16(14)19-17-10-4-5-11-18(17)22-20(23-19)15-8-6-12-21-13-15/h2-5,7,9-11,15,21H,6,8,12-13H2,1H3. The van der Waals surface area contributed by atoms with Crippen molar-refractivity contribution in [1.82, 2.24) is 15.3 Å². The van der Waals surface area contributed by atoms with E-state index in [-0.39, 0.29) is 0 Å². The molecule has 3 nitrogen and oxygen atoms in total. The summed E-state index contributed by atoms with van der Waals surface area (Å²) in [5, 5.41) is 4.61. The molecule has 0 saturated carbocycles. The van der Waals surface area contributed by atoms with E-state index in [4.69, 9.17) is 9.97 Å². The molecule has 1 aliphatic rings. The molecule has 3 aromatic rings. The van der Waals surface area contributed by atoms with E-state index in [1.54, 1.807) is 0 Å². The van der Waals surface area contributed by atoms with Crippen molar-refractivity contribution in [3.63, 3.8) is 0 Å². The van der Waals surface area contributed by atoms with Crippen LogP contribution in [0.1, 0.15) is 30.1 Å². The number of piperidine rings is 1. The predicted molar refractivity (Wildman–Crippen MR) is 94.6 cm³/mol. The minimum Gasteiger partial charge on any atom is -0.316 e. The quantitative estimate of drug-likeness (QED) is 0.775. The van der Waals surface area contributed by atoms with E-state index in [2.05, 4.69) is 60.8 Å². The maximum atomic E-state index is 5.00. The lowest BCUT2D eigenvalue weighted by atomic mass is 9.97. The molecule has 1 fully saturated rings. The van der Waals surface area contributed by atoms with Crippen LogP contribution in [0.15, 0.2) is 48.5 Å². The average molecular weight is 303 g/mol. The largest absolute Gasteiger partial charge is 0.316 e. The first-order valence-electron chi connectivity index (χ1n) is 8.36. The Bertz CT molecular complexity index is 835. The molecule has 1 saturated heterocycles. The lowest BCUT2D eigenvalue weighted by Gasteiger charge is -2.22. The van der Waals surface area contributed by atoms with E-state index in [1.165, 1.54) is 24.0 Å². The van der Waals surface area contributed by atoms with E-state index in [1.807, 2.05) is 0 Å². The second-order valence-corrected chi connectivity index (χ2v) is 6.31. The van der Waals surface area contributed by atoms with Crippen LogP contribution < -0.4 is 5.32 Å². The van der Waals surface area contributed by atoms with Crippen molar-refractivity contribution in [3.05, 3.63) is 59.9 Å².